The molecule has 78 valence electrons. The molecule has 0 radical (unpaired) electrons. The van der Waals surface area contributed by atoms with Crippen molar-refractivity contribution in [3.05, 3.63) is 29.8 Å². The standard InChI is InChI=1S/C10H7FO3S/c11-15(13,14)10-6-4-9(5-7-10)3-1-2-8-12/h4-8H,2H2. The van der Waals surface area contributed by atoms with Crippen molar-refractivity contribution in [2.75, 3.05) is 0 Å². The van der Waals surface area contributed by atoms with Gasteiger partial charge in [-0.25, -0.2) is 0 Å². The van der Waals surface area contributed by atoms with Gasteiger partial charge >= 0.3 is 10.2 Å². The average Bonchev–Trinajstić information content (AvgIpc) is 2.18. The predicted octanol–water partition coefficient (Wildman–Crippen LogP) is 1.29. The van der Waals surface area contributed by atoms with Crippen LogP contribution in [-0.4, -0.2) is 14.7 Å². The maximum absolute atomic E-state index is 12.4. The van der Waals surface area contributed by atoms with E-state index in [1.165, 1.54) is 12.1 Å². The Morgan fingerprint density at radius 3 is 2.33 bits per heavy atom. The molecule has 1 aromatic carbocycles. The second-order valence-corrected chi connectivity index (χ2v) is 3.98. The first-order chi connectivity index (χ1) is 7.04. The first-order valence-electron chi connectivity index (χ1n) is 4.01. The van der Waals surface area contributed by atoms with Crippen LogP contribution >= 0.6 is 0 Å². The SMILES string of the molecule is O=CCC#Cc1ccc(S(=O)(=O)F)cc1. The van der Waals surface area contributed by atoms with E-state index in [0.717, 1.165) is 12.1 Å². The van der Waals surface area contributed by atoms with Gasteiger partial charge in [-0.2, -0.15) is 8.42 Å². The Bertz CT molecular complexity index is 506. The van der Waals surface area contributed by atoms with Gasteiger partial charge in [0.2, 0.25) is 0 Å². The molecule has 0 aliphatic rings. The Kier molecular flexibility index (Phi) is 3.58. The molecule has 0 saturated carbocycles. The van der Waals surface area contributed by atoms with Gasteiger partial charge in [-0.3, -0.25) is 0 Å². The summed E-state index contributed by atoms with van der Waals surface area (Å²) in [6, 6.07) is 5.01. The zero-order valence-corrected chi connectivity index (χ0v) is 8.42. The van der Waals surface area contributed by atoms with Crippen molar-refractivity contribution in [2.45, 2.75) is 11.3 Å². The fourth-order valence-corrected chi connectivity index (χ4v) is 1.36. The molecule has 0 aliphatic carbocycles. The van der Waals surface area contributed by atoms with Crippen LogP contribution in [0.5, 0.6) is 0 Å². The molecule has 0 amide bonds. The summed E-state index contributed by atoms with van der Waals surface area (Å²) in [7, 11) is -4.65. The summed E-state index contributed by atoms with van der Waals surface area (Å²) in [5.74, 6) is 5.17. The Morgan fingerprint density at radius 1 is 1.27 bits per heavy atom. The average molecular weight is 226 g/mol. The monoisotopic (exact) mass is 226 g/mol. The van der Waals surface area contributed by atoms with E-state index in [1.807, 2.05) is 0 Å². The molecule has 0 bridgehead atoms. The Morgan fingerprint density at radius 2 is 1.87 bits per heavy atom. The highest BCUT2D eigenvalue weighted by molar-refractivity contribution is 7.86. The molecule has 0 heterocycles. The first-order valence-corrected chi connectivity index (χ1v) is 5.39. The highest BCUT2D eigenvalue weighted by Crippen LogP contribution is 2.12. The zero-order chi connectivity index (χ0) is 11.3. The lowest BCUT2D eigenvalue weighted by molar-refractivity contribution is -0.107. The highest BCUT2D eigenvalue weighted by atomic mass is 32.3. The number of rotatable bonds is 2. The molecule has 0 N–H and O–H groups in total. The van der Waals surface area contributed by atoms with Gasteiger partial charge in [0.25, 0.3) is 0 Å². The summed E-state index contributed by atoms with van der Waals surface area (Å²) in [5.41, 5.74) is 0.532. The lowest BCUT2D eigenvalue weighted by Crippen LogP contribution is -1.91. The molecule has 15 heavy (non-hydrogen) atoms. The third-order valence-corrected chi connectivity index (χ3v) is 2.39. The van der Waals surface area contributed by atoms with Crippen molar-refractivity contribution < 1.29 is 17.1 Å². The summed E-state index contributed by atoms with van der Waals surface area (Å²) in [4.78, 5) is 9.55. The minimum Gasteiger partial charge on any atom is -0.302 e. The molecule has 0 unspecified atom stereocenters. The summed E-state index contributed by atoms with van der Waals surface area (Å²) >= 11 is 0. The van der Waals surface area contributed by atoms with Crippen LogP contribution in [0.1, 0.15) is 12.0 Å². The van der Waals surface area contributed by atoms with E-state index >= 15 is 0 Å². The normalized spacial score (nSPS) is 10.2. The van der Waals surface area contributed by atoms with Crippen LogP contribution in [0.2, 0.25) is 0 Å². The second-order valence-electron chi connectivity index (χ2n) is 2.63. The summed E-state index contributed by atoms with van der Waals surface area (Å²) in [5, 5.41) is 0. The lowest BCUT2D eigenvalue weighted by atomic mass is 10.2. The molecule has 0 aliphatic heterocycles. The van der Waals surface area contributed by atoms with Gasteiger partial charge in [-0.1, -0.05) is 11.8 Å². The van der Waals surface area contributed by atoms with E-state index in [1.54, 1.807) is 0 Å². The molecule has 0 saturated heterocycles. The third-order valence-electron chi connectivity index (χ3n) is 1.55. The topological polar surface area (TPSA) is 51.2 Å². The Balaban J connectivity index is 2.92. The smallest absolute Gasteiger partial charge is 0.302 e. The summed E-state index contributed by atoms with van der Waals surface area (Å²) < 4.78 is 33.4. The van der Waals surface area contributed by atoms with Crippen molar-refractivity contribution in [3.63, 3.8) is 0 Å². The van der Waals surface area contributed by atoms with Crippen LogP contribution in [0, 0.1) is 11.8 Å². The first kappa shape index (κ1) is 11.4. The number of halogens is 1. The van der Waals surface area contributed by atoms with Gasteiger partial charge in [-0.15, -0.1) is 3.89 Å². The van der Waals surface area contributed by atoms with Crippen LogP contribution in [-0.2, 0) is 15.0 Å². The molecule has 3 nitrogen and oxygen atoms in total. The van der Waals surface area contributed by atoms with E-state index in [4.69, 9.17) is 0 Å². The van der Waals surface area contributed by atoms with E-state index in [2.05, 4.69) is 11.8 Å². The van der Waals surface area contributed by atoms with Crippen LogP contribution in [0.15, 0.2) is 29.2 Å². The maximum atomic E-state index is 12.4. The van der Waals surface area contributed by atoms with Crippen molar-refractivity contribution in [1.82, 2.24) is 0 Å². The summed E-state index contributed by atoms with van der Waals surface area (Å²) in [6.45, 7) is 0. The lowest BCUT2D eigenvalue weighted by Gasteiger charge is -1.93. The van der Waals surface area contributed by atoms with E-state index in [-0.39, 0.29) is 6.42 Å². The molecular weight excluding hydrogens is 219 g/mol. The van der Waals surface area contributed by atoms with Crippen molar-refractivity contribution >= 4 is 16.5 Å². The van der Waals surface area contributed by atoms with Gasteiger partial charge in [-0.05, 0) is 24.3 Å². The van der Waals surface area contributed by atoms with Crippen LogP contribution in [0.4, 0.5) is 3.89 Å². The van der Waals surface area contributed by atoms with Crippen molar-refractivity contribution in [2.24, 2.45) is 0 Å². The van der Waals surface area contributed by atoms with Gasteiger partial charge in [0.1, 0.15) is 6.29 Å². The minimum atomic E-state index is -4.65. The Hall–Kier alpha value is -1.67. The van der Waals surface area contributed by atoms with Crippen molar-refractivity contribution in [3.8, 4) is 11.8 Å². The highest BCUT2D eigenvalue weighted by Gasteiger charge is 2.09. The van der Waals surface area contributed by atoms with Gasteiger partial charge in [0.15, 0.2) is 0 Å². The second kappa shape index (κ2) is 4.71. The number of carbonyl (C=O) groups excluding carboxylic acids is 1. The minimum absolute atomic E-state index is 0.114. The van der Waals surface area contributed by atoms with Gasteiger partial charge in [0.05, 0.1) is 11.3 Å². The number of hydrogen-bond acceptors (Lipinski definition) is 3. The van der Waals surface area contributed by atoms with E-state index in [0.29, 0.717) is 11.8 Å². The molecule has 0 fully saturated rings. The Labute approximate surface area is 87.1 Å². The molecule has 1 aromatic rings. The number of aldehydes is 1. The van der Waals surface area contributed by atoms with Crippen molar-refractivity contribution in [1.29, 1.82) is 0 Å². The van der Waals surface area contributed by atoms with Crippen LogP contribution in [0.25, 0.3) is 0 Å². The third kappa shape index (κ3) is 3.52. The van der Waals surface area contributed by atoms with E-state index in [9.17, 15) is 17.1 Å². The fraction of sp³-hybridized carbons (Fsp3) is 0.100. The van der Waals surface area contributed by atoms with Crippen LogP contribution in [0.3, 0.4) is 0 Å². The number of hydrogen-bond donors (Lipinski definition) is 0. The molecule has 0 atom stereocenters. The molecule has 5 heteroatoms. The van der Waals surface area contributed by atoms with Gasteiger partial charge < -0.3 is 4.79 Å². The molecular formula is C10H7FO3S. The van der Waals surface area contributed by atoms with Crippen LogP contribution < -0.4 is 0 Å². The quantitative estimate of drug-likeness (QED) is 0.433. The predicted molar refractivity (Wildman–Crippen MR) is 52.3 cm³/mol. The molecule has 0 aromatic heterocycles. The molecule has 0 spiro atoms. The number of benzene rings is 1. The fourth-order valence-electron chi connectivity index (χ4n) is 0.896. The van der Waals surface area contributed by atoms with Gasteiger partial charge in [0, 0.05) is 5.56 Å². The summed E-state index contributed by atoms with van der Waals surface area (Å²) in [6.07, 6.45) is 0.774. The molecule has 1 rings (SSSR count). The number of carbonyl (C=O) groups is 1. The largest absolute Gasteiger partial charge is 0.332 e. The van der Waals surface area contributed by atoms with E-state index < -0.39 is 15.1 Å². The maximum Gasteiger partial charge on any atom is 0.332 e. The zero-order valence-electron chi connectivity index (χ0n) is 7.60.